The number of amides is 1. The first-order chi connectivity index (χ1) is 9.22. The van der Waals surface area contributed by atoms with Gasteiger partial charge in [0.15, 0.2) is 0 Å². The first-order valence-electron chi connectivity index (χ1n) is 6.46. The van der Waals surface area contributed by atoms with Gasteiger partial charge in [-0.25, -0.2) is 0 Å². The second kappa shape index (κ2) is 8.50. The maximum absolute atomic E-state index is 12.2. The van der Waals surface area contributed by atoms with Gasteiger partial charge in [0.2, 0.25) is 0 Å². The molecular formula is C14H22N2O3. The number of anilines is 1. The van der Waals surface area contributed by atoms with Gasteiger partial charge in [-0.2, -0.15) is 0 Å². The number of carbonyl (C=O) groups is 1. The summed E-state index contributed by atoms with van der Waals surface area (Å²) in [6, 6.07) is 6.93. The van der Waals surface area contributed by atoms with Crippen LogP contribution in [0, 0.1) is 0 Å². The van der Waals surface area contributed by atoms with Crippen molar-refractivity contribution in [2.24, 2.45) is 0 Å². The van der Waals surface area contributed by atoms with Crippen molar-refractivity contribution < 1.29 is 14.6 Å². The molecule has 0 bridgehead atoms. The second-order valence-corrected chi connectivity index (χ2v) is 4.28. The number of methoxy groups -OCH3 is 1. The van der Waals surface area contributed by atoms with Crippen LogP contribution in [-0.2, 0) is 4.74 Å². The highest BCUT2D eigenvalue weighted by Crippen LogP contribution is 2.15. The lowest BCUT2D eigenvalue weighted by atomic mass is 10.1. The Kier molecular flexibility index (Phi) is 6.92. The molecular weight excluding hydrogens is 244 g/mol. The fourth-order valence-corrected chi connectivity index (χ4v) is 1.70. The summed E-state index contributed by atoms with van der Waals surface area (Å²) in [7, 11) is 1.53. The van der Waals surface area contributed by atoms with Gasteiger partial charge in [0.1, 0.15) is 0 Å². The Morgan fingerprint density at radius 2 is 2.16 bits per heavy atom. The average molecular weight is 266 g/mol. The van der Waals surface area contributed by atoms with Crippen LogP contribution in [0.2, 0.25) is 0 Å². The summed E-state index contributed by atoms with van der Waals surface area (Å²) in [5.74, 6) is -0.213. The van der Waals surface area contributed by atoms with Crippen LogP contribution < -0.4 is 10.6 Å². The van der Waals surface area contributed by atoms with Crippen LogP contribution in [0.1, 0.15) is 23.7 Å². The van der Waals surface area contributed by atoms with Gasteiger partial charge in [-0.15, -0.1) is 0 Å². The van der Waals surface area contributed by atoms with E-state index in [2.05, 4.69) is 17.6 Å². The van der Waals surface area contributed by atoms with Crippen LogP contribution in [0.4, 0.5) is 5.69 Å². The van der Waals surface area contributed by atoms with Gasteiger partial charge in [-0.3, -0.25) is 4.79 Å². The van der Waals surface area contributed by atoms with Gasteiger partial charge >= 0.3 is 0 Å². The number of benzene rings is 1. The molecule has 0 heterocycles. The predicted molar refractivity (Wildman–Crippen MR) is 75.4 cm³/mol. The minimum absolute atomic E-state index is 0.149. The minimum Gasteiger partial charge on any atom is -0.394 e. The van der Waals surface area contributed by atoms with E-state index in [4.69, 9.17) is 9.84 Å². The molecule has 0 aromatic heterocycles. The average Bonchev–Trinajstić information content (AvgIpc) is 2.44. The molecule has 5 heteroatoms. The Hall–Kier alpha value is -1.59. The van der Waals surface area contributed by atoms with E-state index in [0.29, 0.717) is 5.56 Å². The summed E-state index contributed by atoms with van der Waals surface area (Å²) in [5, 5.41) is 15.1. The number of aliphatic hydroxyl groups excluding tert-OH is 1. The van der Waals surface area contributed by atoms with Crippen LogP contribution in [0.25, 0.3) is 0 Å². The molecule has 0 aliphatic heterocycles. The molecule has 0 aliphatic rings. The maximum Gasteiger partial charge on any atom is 0.253 e. The van der Waals surface area contributed by atoms with E-state index in [0.717, 1.165) is 18.7 Å². The summed E-state index contributed by atoms with van der Waals surface area (Å²) in [6.07, 6.45) is 0.985. The van der Waals surface area contributed by atoms with Crippen LogP contribution in [0.3, 0.4) is 0 Å². The number of rotatable bonds is 8. The Balaban J connectivity index is 2.75. The Morgan fingerprint density at radius 3 is 2.79 bits per heavy atom. The Bertz CT molecular complexity index is 396. The summed E-state index contributed by atoms with van der Waals surface area (Å²) in [4.78, 5) is 12.2. The molecule has 0 saturated carbocycles. The Morgan fingerprint density at radius 1 is 1.42 bits per heavy atom. The molecule has 3 N–H and O–H groups in total. The molecule has 0 spiro atoms. The molecule has 1 amide bonds. The highest BCUT2D eigenvalue weighted by molar-refractivity contribution is 5.99. The molecule has 1 aromatic carbocycles. The first kappa shape index (κ1) is 15.5. The third-order valence-electron chi connectivity index (χ3n) is 2.66. The topological polar surface area (TPSA) is 70.6 Å². The van der Waals surface area contributed by atoms with Gasteiger partial charge in [-0.05, 0) is 18.6 Å². The van der Waals surface area contributed by atoms with Crippen molar-refractivity contribution in [3.05, 3.63) is 29.8 Å². The van der Waals surface area contributed by atoms with E-state index in [-0.39, 0.29) is 19.1 Å². The molecule has 19 heavy (non-hydrogen) atoms. The zero-order valence-corrected chi connectivity index (χ0v) is 11.5. The number of hydrogen-bond acceptors (Lipinski definition) is 4. The monoisotopic (exact) mass is 266 g/mol. The zero-order chi connectivity index (χ0) is 14.1. The van der Waals surface area contributed by atoms with Gasteiger partial charge in [0.05, 0.1) is 24.8 Å². The lowest BCUT2D eigenvalue weighted by Gasteiger charge is -2.17. The number of nitrogens with one attached hydrogen (secondary N) is 2. The fourth-order valence-electron chi connectivity index (χ4n) is 1.70. The third kappa shape index (κ3) is 4.89. The highest BCUT2D eigenvalue weighted by Gasteiger charge is 2.15. The number of hydrogen-bond donors (Lipinski definition) is 3. The maximum atomic E-state index is 12.2. The quantitative estimate of drug-likeness (QED) is 0.662. The van der Waals surface area contributed by atoms with Crippen molar-refractivity contribution >= 4 is 11.6 Å². The molecule has 106 valence electrons. The summed E-state index contributed by atoms with van der Waals surface area (Å²) in [5.41, 5.74) is 1.38. The summed E-state index contributed by atoms with van der Waals surface area (Å²) >= 11 is 0. The van der Waals surface area contributed by atoms with E-state index < -0.39 is 6.04 Å². The fraction of sp³-hybridized carbons (Fsp3) is 0.500. The summed E-state index contributed by atoms with van der Waals surface area (Å²) < 4.78 is 4.94. The lowest BCUT2D eigenvalue weighted by Crippen LogP contribution is -2.40. The molecule has 0 fully saturated rings. The predicted octanol–water partition coefficient (Wildman–Crippen LogP) is 1.25. The second-order valence-electron chi connectivity index (χ2n) is 4.28. The highest BCUT2D eigenvalue weighted by atomic mass is 16.5. The summed E-state index contributed by atoms with van der Waals surface area (Å²) in [6.45, 7) is 3.01. The zero-order valence-electron chi connectivity index (χ0n) is 11.5. The van der Waals surface area contributed by atoms with E-state index in [9.17, 15) is 4.79 Å². The van der Waals surface area contributed by atoms with Crippen molar-refractivity contribution in [3.8, 4) is 0 Å². The minimum atomic E-state index is -0.392. The Labute approximate surface area is 114 Å². The van der Waals surface area contributed by atoms with Crippen LogP contribution in [0.15, 0.2) is 24.3 Å². The van der Waals surface area contributed by atoms with Crippen molar-refractivity contribution in [2.45, 2.75) is 19.4 Å². The van der Waals surface area contributed by atoms with Crippen LogP contribution >= 0.6 is 0 Å². The van der Waals surface area contributed by atoms with Crippen LogP contribution in [-0.4, -0.2) is 43.9 Å². The van der Waals surface area contributed by atoms with Gasteiger partial charge in [0.25, 0.3) is 5.91 Å². The number of ether oxygens (including phenoxy) is 1. The number of para-hydroxylation sites is 1. The molecule has 0 aliphatic carbocycles. The smallest absolute Gasteiger partial charge is 0.253 e. The van der Waals surface area contributed by atoms with Gasteiger partial charge in [-0.1, -0.05) is 19.1 Å². The standard InChI is InChI=1S/C14H22N2O3/c1-3-8-15-13-7-5-4-6-12(13)14(18)16-11(9-17)10-19-2/h4-7,11,15,17H,3,8-10H2,1-2H3,(H,16,18). The molecule has 1 atom stereocenters. The normalized spacial score (nSPS) is 11.9. The van der Waals surface area contributed by atoms with E-state index in [1.54, 1.807) is 6.07 Å². The molecule has 1 unspecified atom stereocenters. The van der Waals surface area contributed by atoms with Crippen molar-refractivity contribution in [2.75, 3.05) is 32.2 Å². The van der Waals surface area contributed by atoms with E-state index in [1.807, 2.05) is 18.2 Å². The SMILES string of the molecule is CCCNc1ccccc1C(=O)NC(CO)COC. The molecule has 1 rings (SSSR count). The van der Waals surface area contributed by atoms with Gasteiger partial charge < -0.3 is 20.5 Å². The molecule has 0 saturated heterocycles. The largest absolute Gasteiger partial charge is 0.394 e. The van der Waals surface area contributed by atoms with Crippen LogP contribution in [0.5, 0.6) is 0 Å². The molecule has 1 aromatic rings. The number of carbonyl (C=O) groups excluding carboxylic acids is 1. The van der Waals surface area contributed by atoms with E-state index >= 15 is 0 Å². The molecule has 5 nitrogen and oxygen atoms in total. The molecule has 0 radical (unpaired) electrons. The van der Waals surface area contributed by atoms with E-state index in [1.165, 1.54) is 7.11 Å². The van der Waals surface area contributed by atoms with Gasteiger partial charge in [0, 0.05) is 19.3 Å². The third-order valence-corrected chi connectivity index (χ3v) is 2.66. The lowest BCUT2D eigenvalue weighted by molar-refractivity contribution is 0.0840. The number of aliphatic hydroxyl groups is 1. The van der Waals surface area contributed by atoms with Crippen molar-refractivity contribution in [3.63, 3.8) is 0 Å². The first-order valence-corrected chi connectivity index (χ1v) is 6.46. The van der Waals surface area contributed by atoms with Crippen molar-refractivity contribution in [1.29, 1.82) is 0 Å². The van der Waals surface area contributed by atoms with Crippen molar-refractivity contribution in [1.82, 2.24) is 5.32 Å².